The third-order valence-corrected chi connectivity index (χ3v) is 7.63. The minimum absolute atomic E-state index is 0.0974. The Bertz CT molecular complexity index is 1700. The highest BCUT2D eigenvalue weighted by molar-refractivity contribution is 6.11. The molecular formula is C34H30FN3O4. The van der Waals surface area contributed by atoms with Crippen molar-refractivity contribution < 1.29 is 23.8 Å². The van der Waals surface area contributed by atoms with E-state index in [2.05, 4.69) is 10.3 Å². The van der Waals surface area contributed by atoms with E-state index in [-0.39, 0.29) is 52.5 Å². The number of carbonyl (C=O) groups is 2. The van der Waals surface area contributed by atoms with Gasteiger partial charge >= 0.3 is 0 Å². The molecule has 0 saturated carbocycles. The quantitative estimate of drug-likeness (QED) is 0.255. The second-order valence-electron chi connectivity index (χ2n) is 11.4. The molecule has 1 atom stereocenters. The van der Waals surface area contributed by atoms with Gasteiger partial charge in [0.2, 0.25) is 0 Å². The Morgan fingerprint density at radius 1 is 1.05 bits per heavy atom. The lowest BCUT2D eigenvalue weighted by Crippen LogP contribution is -2.40. The SMILES string of the molecule is CC1(C)CC(=O)C2=C(C1)Nc1c(O)cccc1N(C(=O)c1ccccn1)[C@@H]2c1ccc(OCc2ccccc2)cc1F. The van der Waals surface area contributed by atoms with Gasteiger partial charge in [-0.05, 0) is 53.8 Å². The highest BCUT2D eigenvalue weighted by Gasteiger charge is 2.45. The molecule has 2 heterocycles. The first-order valence-electron chi connectivity index (χ1n) is 13.8. The van der Waals surface area contributed by atoms with E-state index >= 15 is 4.39 Å². The zero-order valence-electron chi connectivity index (χ0n) is 23.3. The Labute approximate surface area is 243 Å². The van der Waals surface area contributed by atoms with Crippen molar-refractivity contribution in [3.63, 3.8) is 0 Å². The van der Waals surface area contributed by atoms with Crippen LogP contribution in [0.3, 0.4) is 0 Å². The van der Waals surface area contributed by atoms with Crippen LogP contribution < -0.4 is 15.0 Å². The summed E-state index contributed by atoms with van der Waals surface area (Å²) in [7, 11) is 0. The first kappa shape index (κ1) is 27.2. The van der Waals surface area contributed by atoms with E-state index in [0.717, 1.165) is 5.56 Å². The first-order chi connectivity index (χ1) is 20.2. The number of aromatic nitrogens is 1. The van der Waals surface area contributed by atoms with Crippen molar-refractivity contribution in [2.45, 2.75) is 39.3 Å². The number of para-hydroxylation sites is 1. The van der Waals surface area contributed by atoms with E-state index in [1.165, 1.54) is 23.2 Å². The number of nitrogens with zero attached hydrogens (tertiary/aromatic N) is 2. The average Bonchev–Trinajstić information content (AvgIpc) is 3.11. The van der Waals surface area contributed by atoms with Crippen LogP contribution in [0.25, 0.3) is 0 Å². The molecule has 1 amide bonds. The highest BCUT2D eigenvalue weighted by Crippen LogP contribution is 2.51. The van der Waals surface area contributed by atoms with Gasteiger partial charge in [-0.1, -0.05) is 56.3 Å². The zero-order valence-corrected chi connectivity index (χ0v) is 23.3. The number of ketones is 1. The van der Waals surface area contributed by atoms with Crippen LogP contribution in [0.1, 0.15) is 54.3 Å². The van der Waals surface area contributed by atoms with Crippen LogP contribution in [0.4, 0.5) is 15.8 Å². The Morgan fingerprint density at radius 2 is 1.83 bits per heavy atom. The molecule has 3 aromatic carbocycles. The van der Waals surface area contributed by atoms with Gasteiger partial charge in [0.15, 0.2) is 5.78 Å². The Morgan fingerprint density at radius 3 is 2.57 bits per heavy atom. The molecule has 0 unspecified atom stereocenters. The van der Waals surface area contributed by atoms with Crippen molar-refractivity contribution >= 4 is 23.1 Å². The third-order valence-electron chi connectivity index (χ3n) is 7.63. The number of phenolic OH excluding ortho intramolecular Hbond substituents is 1. The largest absolute Gasteiger partial charge is 0.506 e. The maximum Gasteiger partial charge on any atom is 0.277 e. The average molecular weight is 564 g/mol. The fourth-order valence-electron chi connectivity index (χ4n) is 5.73. The number of nitrogens with one attached hydrogen (secondary N) is 1. The van der Waals surface area contributed by atoms with Gasteiger partial charge in [-0.25, -0.2) is 4.39 Å². The number of rotatable bonds is 5. The van der Waals surface area contributed by atoms with Crippen molar-refractivity contribution in [1.29, 1.82) is 0 Å². The first-order valence-corrected chi connectivity index (χ1v) is 13.8. The summed E-state index contributed by atoms with van der Waals surface area (Å²) >= 11 is 0. The number of Topliss-reactive ketones (excluding diaryl/α,β-unsaturated/α-hetero) is 1. The topological polar surface area (TPSA) is 91.8 Å². The molecule has 212 valence electrons. The number of carbonyl (C=O) groups excluding carboxylic acids is 2. The van der Waals surface area contributed by atoms with Crippen LogP contribution in [0.5, 0.6) is 11.5 Å². The fourth-order valence-corrected chi connectivity index (χ4v) is 5.73. The number of halogens is 1. The summed E-state index contributed by atoms with van der Waals surface area (Å²) in [5.41, 5.74) is 2.20. The second-order valence-corrected chi connectivity index (χ2v) is 11.4. The van der Waals surface area contributed by atoms with Gasteiger partial charge in [-0.2, -0.15) is 0 Å². The number of hydrogen-bond acceptors (Lipinski definition) is 6. The van der Waals surface area contributed by atoms with Crippen molar-refractivity contribution in [1.82, 2.24) is 4.98 Å². The molecule has 42 heavy (non-hydrogen) atoms. The van der Waals surface area contributed by atoms with Crippen LogP contribution in [0.15, 0.2) is 102 Å². The van der Waals surface area contributed by atoms with Crippen LogP contribution in [0.2, 0.25) is 0 Å². The van der Waals surface area contributed by atoms with Gasteiger partial charge in [0, 0.05) is 35.5 Å². The van der Waals surface area contributed by atoms with Crippen molar-refractivity contribution in [2.24, 2.45) is 5.41 Å². The minimum Gasteiger partial charge on any atom is -0.506 e. The molecule has 0 radical (unpaired) electrons. The lowest BCUT2D eigenvalue weighted by molar-refractivity contribution is -0.118. The summed E-state index contributed by atoms with van der Waals surface area (Å²) in [6.45, 7) is 4.23. The van der Waals surface area contributed by atoms with Gasteiger partial charge < -0.3 is 15.2 Å². The smallest absolute Gasteiger partial charge is 0.277 e. The molecular weight excluding hydrogens is 533 g/mol. The summed E-state index contributed by atoms with van der Waals surface area (Å²) in [6.07, 6.45) is 2.18. The van der Waals surface area contributed by atoms with Crippen LogP contribution in [-0.2, 0) is 11.4 Å². The van der Waals surface area contributed by atoms with Crippen LogP contribution >= 0.6 is 0 Å². The normalized spacial score (nSPS) is 17.5. The molecule has 0 bridgehead atoms. The van der Waals surface area contributed by atoms with Gasteiger partial charge in [0.25, 0.3) is 5.91 Å². The van der Waals surface area contributed by atoms with Crippen molar-refractivity contribution in [2.75, 3.05) is 10.2 Å². The summed E-state index contributed by atoms with van der Waals surface area (Å²) < 4.78 is 22.0. The van der Waals surface area contributed by atoms with Gasteiger partial charge in [-0.3, -0.25) is 19.5 Å². The molecule has 0 saturated heterocycles. The molecule has 4 aromatic rings. The number of pyridine rings is 1. The van der Waals surface area contributed by atoms with E-state index in [0.29, 0.717) is 23.6 Å². The number of allylic oxidation sites excluding steroid dienone is 1. The molecule has 1 aliphatic carbocycles. The predicted molar refractivity (Wildman–Crippen MR) is 158 cm³/mol. The summed E-state index contributed by atoms with van der Waals surface area (Å²) in [4.78, 5) is 33.7. The molecule has 0 spiro atoms. The van der Waals surface area contributed by atoms with Crippen molar-refractivity contribution in [3.8, 4) is 11.5 Å². The van der Waals surface area contributed by atoms with Gasteiger partial charge in [-0.15, -0.1) is 0 Å². The third kappa shape index (κ3) is 5.11. The lowest BCUT2D eigenvalue weighted by Gasteiger charge is -2.37. The Hall–Kier alpha value is -4.98. The monoisotopic (exact) mass is 563 g/mol. The molecule has 0 fully saturated rings. The number of hydrogen-bond donors (Lipinski definition) is 2. The Balaban J connectivity index is 1.52. The Kier molecular flexibility index (Phi) is 6.98. The van der Waals surface area contributed by atoms with E-state index in [1.54, 1.807) is 42.5 Å². The van der Waals surface area contributed by atoms with Gasteiger partial charge in [0.1, 0.15) is 35.3 Å². The van der Waals surface area contributed by atoms with Crippen molar-refractivity contribution in [3.05, 3.63) is 125 Å². The number of ether oxygens (including phenoxy) is 1. The van der Waals surface area contributed by atoms with E-state index in [4.69, 9.17) is 4.74 Å². The van der Waals surface area contributed by atoms with Gasteiger partial charge in [0.05, 0.1) is 11.7 Å². The molecule has 2 N–H and O–H groups in total. The second kappa shape index (κ2) is 10.8. The van der Waals surface area contributed by atoms with E-state index in [9.17, 15) is 14.7 Å². The number of benzene rings is 3. The summed E-state index contributed by atoms with van der Waals surface area (Å²) in [5, 5.41) is 14.2. The standard InChI is InChI=1S/C34H30FN3O4/c1-34(2)18-26-30(29(40)19-34)32(23-15-14-22(17-24(23)35)42-20-21-9-4-3-5-10-21)38(33(41)25-11-6-7-16-36-25)27-12-8-13-28(39)31(27)37-26/h3-17,32,37,39H,18-20H2,1-2H3/t32-/m1/s1. The maximum absolute atomic E-state index is 16.2. The highest BCUT2D eigenvalue weighted by atomic mass is 19.1. The lowest BCUT2D eigenvalue weighted by atomic mass is 9.73. The van der Waals surface area contributed by atoms with E-state index < -0.39 is 17.8 Å². The summed E-state index contributed by atoms with van der Waals surface area (Å²) in [6, 6.07) is 22.6. The fraction of sp³-hybridized carbons (Fsp3) is 0.206. The number of phenols is 1. The predicted octanol–water partition coefficient (Wildman–Crippen LogP) is 6.96. The molecule has 2 aliphatic rings. The number of anilines is 2. The molecule has 7 nitrogen and oxygen atoms in total. The molecule has 6 rings (SSSR count). The molecule has 8 heteroatoms. The number of aromatic hydroxyl groups is 1. The zero-order chi connectivity index (χ0) is 29.4. The molecule has 1 aromatic heterocycles. The number of fused-ring (bicyclic) bond motifs is 1. The van der Waals surface area contributed by atoms with Crippen LogP contribution in [0, 0.1) is 11.2 Å². The van der Waals surface area contributed by atoms with E-state index in [1.807, 2.05) is 44.2 Å². The summed E-state index contributed by atoms with van der Waals surface area (Å²) in [5.74, 6) is -1.15. The number of amides is 1. The minimum atomic E-state index is -1.13. The maximum atomic E-state index is 16.2. The van der Waals surface area contributed by atoms with Crippen LogP contribution in [-0.4, -0.2) is 21.8 Å². The molecule has 1 aliphatic heterocycles.